The highest BCUT2D eigenvalue weighted by atomic mass is 79.9. The highest BCUT2D eigenvalue weighted by Gasteiger charge is 2.11. The number of benzene rings is 1. The highest BCUT2D eigenvalue weighted by molar-refractivity contribution is 9.10. The van der Waals surface area contributed by atoms with Crippen LogP contribution in [0.4, 0.5) is 0 Å². The molecule has 0 saturated carbocycles. The Morgan fingerprint density at radius 2 is 2.19 bits per heavy atom. The lowest BCUT2D eigenvalue weighted by Gasteiger charge is -2.06. The third kappa shape index (κ3) is 2.94. The minimum atomic E-state index is -0.211. The van der Waals surface area contributed by atoms with Gasteiger partial charge in [-0.05, 0) is 30.3 Å². The molecule has 6 heteroatoms. The molecule has 2 aromatic heterocycles. The number of nitrogens with zero attached hydrogens (tertiary/aromatic N) is 2. The SMILES string of the molecule is O=C(NCc1cnn2ccccc12)c1cc(Br)ccc1Cl. The van der Waals surface area contributed by atoms with Crippen LogP contribution < -0.4 is 5.32 Å². The number of hydrogen-bond acceptors (Lipinski definition) is 2. The van der Waals surface area contributed by atoms with Crippen LogP contribution in [0.15, 0.2) is 53.3 Å². The van der Waals surface area contributed by atoms with Gasteiger partial charge in [0.2, 0.25) is 0 Å². The van der Waals surface area contributed by atoms with Crippen molar-refractivity contribution in [3.63, 3.8) is 0 Å². The lowest BCUT2D eigenvalue weighted by molar-refractivity contribution is 0.0951. The summed E-state index contributed by atoms with van der Waals surface area (Å²) in [6.07, 6.45) is 3.62. The molecule has 1 amide bonds. The van der Waals surface area contributed by atoms with Gasteiger partial charge in [-0.15, -0.1) is 0 Å². The molecule has 1 aromatic carbocycles. The van der Waals surface area contributed by atoms with Gasteiger partial charge in [-0.1, -0.05) is 33.6 Å². The van der Waals surface area contributed by atoms with Crippen molar-refractivity contribution in [3.8, 4) is 0 Å². The van der Waals surface area contributed by atoms with E-state index in [1.165, 1.54) is 0 Å². The van der Waals surface area contributed by atoms with E-state index in [0.29, 0.717) is 17.1 Å². The largest absolute Gasteiger partial charge is 0.348 e. The summed E-state index contributed by atoms with van der Waals surface area (Å²) in [6.45, 7) is 0.398. The van der Waals surface area contributed by atoms with Crippen molar-refractivity contribution in [2.24, 2.45) is 0 Å². The summed E-state index contributed by atoms with van der Waals surface area (Å²) in [6, 6.07) is 11.0. The number of amides is 1. The summed E-state index contributed by atoms with van der Waals surface area (Å²) in [7, 11) is 0. The monoisotopic (exact) mass is 363 g/mol. The van der Waals surface area contributed by atoms with E-state index in [-0.39, 0.29) is 5.91 Å². The van der Waals surface area contributed by atoms with Crippen LogP contribution in [-0.4, -0.2) is 15.5 Å². The van der Waals surface area contributed by atoms with Crippen LogP contribution >= 0.6 is 27.5 Å². The van der Waals surface area contributed by atoms with Gasteiger partial charge in [0.1, 0.15) is 0 Å². The van der Waals surface area contributed by atoms with Crippen molar-refractivity contribution in [1.29, 1.82) is 0 Å². The molecule has 2 heterocycles. The van der Waals surface area contributed by atoms with Gasteiger partial charge in [0.05, 0.1) is 22.3 Å². The summed E-state index contributed by atoms with van der Waals surface area (Å²) >= 11 is 9.38. The van der Waals surface area contributed by atoms with Crippen molar-refractivity contribution >= 4 is 39.0 Å². The van der Waals surface area contributed by atoms with Crippen LogP contribution in [0.5, 0.6) is 0 Å². The van der Waals surface area contributed by atoms with E-state index in [1.54, 1.807) is 28.9 Å². The lowest BCUT2D eigenvalue weighted by Crippen LogP contribution is -2.23. The fourth-order valence-corrected chi connectivity index (χ4v) is 2.63. The predicted octanol–water partition coefficient (Wildman–Crippen LogP) is 3.68. The van der Waals surface area contributed by atoms with Crippen LogP contribution in [0.25, 0.3) is 5.52 Å². The Morgan fingerprint density at radius 1 is 1.33 bits per heavy atom. The minimum absolute atomic E-state index is 0.211. The first kappa shape index (κ1) is 14.1. The molecule has 21 heavy (non-hydrogen) atoms. The van der Waals surface area contributed by atoms with Gasteiger partial charge in [0.25, 0.3) is 5.91 Å². The van der Waals surface area contributed by atoms with Gasteiger partial charge in [-0.2, -0.15) is 5.10 Å². The van der Waals surface area contributed by atoms with E-state index in [1.807, 2.05) is 24.4 Å². The standard InChI is InChI=1S/C15H11BrClN3O/c16-11-4-5-13(17)12(7-11)15(21)18-8-10-9-19-20-6-2-1-3-14(10)20/h1-7,9H,8H2,(H,18,21). The second-order valence-corrected chi connectivity index (χ2v) is 5.83. The number of fused-ring (bicyclic) bond motifs is 1. The first-order chi connectivity index (χ1) is 10.1. The summed E-state index contributed by atoms with van der Waals surface area (Å²) in [4.78, 5) is 12.2. The summed E-state index contributed by atoms with van der Waals surface area (Å²) < 4.78 is 2.58. The smallest absolute Gasteiger partial charge is 0.253 e. The van der Waals surface area contributed by atoms with Gasteiger partial charge < -0.3 is 5.32 Å². The number of carbonyl (C=O) groups excluding carboxylic acids is 1. The molecule has 106 valence electrons. The van der Waals surface area contributed by atoms with Crippen LogP contribution in [0.1, 0.15) is 15.9 Å². The van der Waals surface area contributed by atoms with Crippen LogP contribution in [-0.2, 0) is 6.54 Å². The van der Waals surface area contributed by atoms with E-state index < -0.39 is 0 Å². The number of pyridine rings is 1. The number of aromatic nitrogens is 2. The Balaban J connectivity index is 1.78. The minimum Gasteiger partial charge on any atom is -0.348 e. The van der Waals surface area contributed by atoms with Gasteiger partial charge in [0.15, 0.2) is 0 Å². The fraction of sp³-hybridized carbons (Fsp3) is 0.0667. The lowest BCUT2D eigenvalue weighted by atomic mass is 10.2. The number of nitrogens with one attached hydrogen (secondary N) is 1. The van der Waals surface area contributed by atoms with E-state index in [2.05, 4.69) is 26.3 Å². The molecule has 0 bridgehead atoms. The first-order valence-corrected chi connectivity index (χ1v) is 7.47. The molecule has 0 aliphatic heterocycles. The fourth-order valence-electron chi connectivity index (χ4n) is 2.07. The number of rotatable bonds is 3. The van der Waals surface area contributed by atoms with Gasteiger partial charge in [0, 0.05) is 22.8 Å². The second kappa shape index (κ2) is 5.87. The first-order valence-electron chi connectivity index (χ1n) is 6.29. The average molecular weight is 365 g/mol. The topological polar surface area (TPSA) is 46.4 Å². The molecular formula is C15H11BrClN3O. The predicted molar refractivity (Wildman–Crippen MR) is 85.5 cm³/mol. The molecule has 3 aromatic rings. The van der Waals surface area contributed by atoms with Crippen molar-refractivity contribution in [2.75, 3.05) is 0 Å². The van der Waals surface area contributed by atoms with E-state index in [4.69, 9.17) is 11.6 Å². The summed E-state index contributed by atoms with van der Waals surface area (Å²) in [5, 5.41) is 7.52. The maximum Gasteiger partial charge on any atom is 0.253 e. The number of hydrogen-bond donors (Lipinski definition) is 1. The molecule has 0 unspecified atom stereocenters. The average Bonchev–Trinajstić information content (AvgIpc) is 2.90. The van der Waals surface area contributed by atoms with E-state index in [0.717, 1.165) is 15.6 Å². The molecule has 0 saturated heterocycles. The maximum atomic E-state index is 12.2. The zero-order valence-electron chi connectivity index (χ0n) is 10.9. The maximum absolute atomic E-state index is 12.2. The number of halogens is 2. The molecule has 0 spiro atoms. The summed E-state index contributed by atoms with van der Waals surface area (Å²) in [5.41, 5.74) is 2.37. The zero-order chi connectivity index (χ0) is 14.8. The van der Waals surface area contributed by atoms with Crippen LogP contribution in [0.3, 0.4) is 0 Å². The molecule has 0 fully saturated rings. The Bertz CT molecular complexity index is 816. The molecule has 1 N–H and O–H groups in total. The number of carbonyl (C=O) groups is 1. The molecular weight excluding hydrogens is 354 g/mol. The molecule has 0 aliphatic rings. The highest BCUT2D eigenvalue weighted by Crippen LogP contribution is 2.21. The Morgan fingerprint density at radius 3 is 3.05 bits per heavy atom. The van der Waals surface area contributed by atoms with Gasteiger partial charge >= 0.3 is 0 Å². The zero-order valence-corrected chi connectivity index (χ0v) is 13.2. The van der Waals surface area contributed by atoms with Crippen molar-refractivity contribution < 1.29 is 4.79 Å². The van der Waals surface area contributed by atoms with Crippen molar-refractivity contribution in [2.45, 2.75) is 6.54 Å². The molecule has 0 atom stereocenters. The van der Waals surface area contributed by atoms with Crippen molar-refractivity contribution in [1.82, 2.24) is 14.9 Å². The Labute approximate surface area is 134 Å². The van der Waals surface area contributed by atoms with Gasteiger partial charge in [-0.25, -0.2) is 4.52 Å². The molecule has 0 aliphatic carbocycles. The van der Waals surface area contributed by atoms with E-state index in [9.17, 15) is 4.79 Å². The normalized spacial score (nSPS) is 10.8. The third-order valence-corrected chi connectivity index (χ3v) is 3.94. The van der Waals surface area contributed by atoms with Crippen molar-refractivity contribution in [3.05, 3.63) is 69.4 Å². The van der Waals surface area contributed by atoms with Gasteiger partial charge in [-0.3, -0.25) is 4.79 Å². The van der Waals surface area contributed by atoms with Crippen LogP contribution in [0.2, 0.25) is 5.02 Å². The Hall–Kier alpha value is -1.85. The Kier molecular flexibility index (Phi) is 3.94. The van der Waals surface area contributed by atoms with Crippen LogP contribution in [0, 0.1) is 0 Å². The van der Waals surface area contributed by atoms with E-state index >= 15 is 0 Å². The molecule has 0 radical (unpaired) electrons. The third-order valence-electron chi connectivity index (χ3n) is 3.12. The molecule has 3 rings (SSSR count). The quantitative estimate of drug-likeness (QED) is 0.770. The summed E-state index contributed by atoms with van der Waals surface area (Å²) in [5.74, 6) is -0.211. The second-order valence-electron chi connectivity index (χ2n) is 4.51. The molecule has 4 nitrogen and oxygen atoms in total.